The van der Waals surface area contributed by atoms with Crippen molar-refractivity contribution in [1.82, 2.24) is 5.32 Å². The average molecular weight is 1180 g/mol. The van der Waals surface area contributed by atoms with E-state index >= 15 is 0 Å². The second-order valence-electron chi connectivity index (χ2n) is 24.3. The maximum atomic E-state index is 13.2. The summed E-state index contributed by atoms with van der Waals surface area (Å²) in [6, 6.07) is -0.727. The lowest BCUT2D eigenvalue weighted by atomic mass is 9.99. The van der Waals surface area contributed by atoms with Crippen molar-refractivity contribution in [2.45, 2.75) is 358 Å². The molecule has 0 aromatic rings. The molecular weight excluding hydrogens is 1040 g/mol. The lowest BCUT2D eigenvalue weighted by Gasteiger charge is -2.40. The number of amides is 1. The van der Waals surface area contributed by atoms with Crippen LogP contribution in [0.2, 0.25) is 0 Å². The van der Waals surface area contributed by atoms with Crippen LogP contribution < -0.4 is 5.32 Å². The molecule has 9 heteroatoms. The lowest BCUT2D eigenvalue weighted by molar-refractivity contribution is -0.302. The van der Waals surface area contributed by atoms with Crippen LogP contribution in [0.25, 0.3) is 0 Å². The highest BCUT2D eigenvalue weighted by molar-refractivity contribution is 5.76. The summed E-state index contributed by atoms with van der Waals surface area (Å²) in [7, 11) is 0. The van der Waals surface area contributed by atoms with Gasteiger partial charge < -0.3 is 40.3 Å². The molecule has 1 aliphatic heterocycles. The summed E-state index contributed by atoms with van der Waals surface area (Å²) in [5.41, 5.74) is 0. The Morgan fingerprint density at radius 3 is 1.10 bits per heavy atom. The van der Waals surface area contributed by atoms with E-state index in [4.69, 9.17) is 9.47 Å². The van der Waals surface area contributed by atoms with Gasteiger partial charge in [0.15, 0.2) is 6.29 Å². The van der Waals surface area contributed by atoms with Gasteiger partial charge in [-0.05, 0) is 77.0 Å². The highest BCUT2D eigenvalue weighted by Gasteiger charge is 2.44. The molecule has 1 amide bonds. The molecule has 6 N–H and O–H groups in total. The molecule has 1 heterocycles. The zero-order valence-electron chi connectivity index (χ0n) is 54.4. The minimum Gasteiger partial charge on any atom is -0.394 e. The third-order valence-electron chi connectivity index (χ3n) is 16.5. The van der Waals surface area contributed by atoms with Crippen LogP contribution in [-0.4, -0.2) is 87.5 Å². The Labute approximate surface area is 517 Å². The predicted molar refractivity (Wildman–Crippen MR) is 359 cm³/mol. The minimum atomic E-state index is -1.56. The molecule has 0 aromatic heterocycles. The normalized spacial score (nSPS) is 18.8. The van der Waals surface area contributed by atoms with Gasteiger partial charge >= 0.3 is 0 Å². The molecule has 0 aliphatic carbocycles. The molecule has 9 nitrogen and oxygen atoms in total. The van der Waals surface area contributed by atoms with Crippen LogP contribution in [0.3, 0.4) is 0 Å². The third kappa shape index (κ3) is 51.2. The van der Waals surface area contributed by atoms with Crippen molar-refractivity contribution in [2.75, 3.05) is 13.2 Å². The topological polar surface area (TPSA) is 149 Å². The predicted octanol–water partition coefficient (Wildman–Crippen LogP) is 19.5. The maximum Gasteiger partial charge on any atom is 0.220 e. The number of carbonyl (C=O) groups excluding carboxylic acids is 1. The average Bonchev–Trinajstić information content (AvgIpc) is 3.70. The number of carbonyl (C=O) groups is 1. The van der Waals surface area contributed by atoms with E-state index in [1.165, 1.54) is 199 Å². The first-order chi connectivity index (χ1) is 41.3. The van der Waals surface area contributed by atoms with Crippen molar-refractivity contribution in [3.05, 3.63) is 97.2 Å². The molecule has 0 saturated carbocycles. The number of unbranched alkanes of at least 4 members (excludes halogenated alkanes) is 35. The number of aliphatic hydroxyl groups excluding tert-OH is 5. The second kappa shape index (κ2) is 63.1. The van der Waals surface area contributed by atoms with Crippen molar-refractivity contribution in [2.24, 2.45) is 0 Å². The van der Waals surface area contributed by atoms with E-state index in [0.717, 1.165) is 89.9 Å². The number of nitrogens with one attached hydrogen (secondary N) is 1. The Hall–Kier alpha value is -2.89. The summed E-state index contributed by atoms with van der Waals surface area (Å²) < 4.78 is 11.4. The molecule has 7 atom stereocenters. The molecule has 0 bridgehead atoms. The standard InChI is InChI=1S/C75H133NO8/c1-3-5-7-9-11-13-15-17-19-21-23-25-27-29-30-31-32-33-34-35-36-37-38-39-40-41-43-45-47-49-51-53-55-57-59-61-63-65-71(79)76-68(67-83-75-74(82)73(81)72(80)70(66-77)84-75)69(78)64-62-60-58-56-54-52-50-48-46-44-42-28-26-24-22-20-18-16-14-12-10-8-6-4-2/h5,7,11,13,17,19,23,25,29-30,32-33,35-36,38-39,68-70,72-75,77-78,80-82H,3-4,6,8-10,12,14-16,18,20-22,24,26-28,31,34,37,40-67H2,1-2H3,(H,76,79)/b7-5-,13-11-,19-17-,25-23-,30-29-,33-32-,36-35-,39-38-. The summed E-state index contributed by atoms with van der Waals surface area (Å²) in [6.07, 6.45) is 84.6. The van der Waals surface area contributed by atoms with Gasteiger partial charge in [-0.3, -0.25) is 4.79 Å². The number of aliphatic hydroxyl groups is 5. The molecular formula is C75H133NO8. The zero-order chi connectivity index (χ0) is 60.7. The number of hydrogen-bond acceptors (Lipinski definition) is 8. The molecule has 1 fully saturated rings. The fourth-order valence-corrected chi connectivity index (χ4v) is 10.9. The molecule has 1 saturated heterocycles. The highest BCUT2D eigenvalue weighted by Crippen LogP contribution is 2.24. The summed E-state index contributed by atoms with van der Waals surface area (Å²) in [6.45, 7) is 3.76. The monoisotopic (exact) mass is 1180 g/mol. The van der Waals surface area contributed by atoms with Gasteiger partial charge in [0.05, 0.1) is 25.4 Å². The zero-order valence-corrected chi connectivity index (χ0v) is 54.4. The molecule has 0 aromatic carbocycles. The number of ether oxygens (including phenoxy) is 2. The van der Waals surface area contributed by atoms with Gasteiger partial charge in [-0.25, -0.2) is 0 Å². The van der Waals surface area contributed by atoms with Crippen LogP contribution in [0.15, 0.2) is 97.2 Å². The maximum absolute atomic E-state index is 13.2. The Morgan fingerprint density at radius 1 is 0.417 bits per heavy atom. The van der Waals surface area contributed by atoms with Crippen LogP contribution in [0.1, 0.15) is 316 Å². The third-order valence-corrected chi connectivity index (χ3v) is 16.5. The summed E-state index contributed by atoms with van der Waals surface area (Å²) in [5, 5.41) is 55.0. The second-order valence-corrected chi connectivity index (χ2v) is 24.3. The molecule has 486 valence electrons. The van der Waals surface area contributed by atoms with Gasteiger partial charge in [-0.1, -0.05) is 329 Å². The molecule has 1 rings (SSSR count). The van der Waals surface area contributed by atoms with Crippen LogP contribution in [0, 0.1) is 0 Å². The smallest absolute Gasteiger partial charge is 0.220 e. The van der Waals surface area contributed by atoms with Crippen LogP contribution in [0.4, 0.5) is 0 Å². The summed E-state index contributed by atoms with van der Waals surface area (Å²) in [5.74, 6) is -0.146. The van der Waals surface area contributed by atoms with Gasteiger partial charge in [-0.2, -0.15) is 0 Å². The van der Waals surface area contributed by atoms with E-state index in [1.54, 1.807) is 0 Å². The minimum absolute atomic E-state index is 0.141. The van der Waals surface area contributed by atoms with Crippen LogP contribution in [-0.2, 0) is 14.3 Å². The van der Waals surface area contributed by atoms with E-state index in [2.05, 4.69) is 116 Å². The van der Waals surface area contributed by atoms with Crippen LogP contribution >= 0.6 is 0 Å². The molecule has 84 heavy (non-hydrogen) atoms. The van der Waals surface area contributed by atoms with Gasteiger partial charge in [0.2, 0.25) is 5.91 Å². The van der Waals surface area contributed by atoms with Crippen LogP contribution in [0.5, 0.6) is 0 Å². The number of rotatable bonds is 61. The summed E-state index contributed by atoms with van der Waals surface area (Å²) >= 11 is 0. The Balaban J connectivity index is 2.12. The van der Waals surface area contributed by atoms with Gasteiger partial charge in [0.25, 0.3) is 0 Å². The van der Waals surface area contributed by atoms with Crippen molar-refractivity contribution in [3.63, 3.8) is 0 Å². The number of allylic oxidation sites excluding steroid dienone is 16. The number of hydrogen-bond donors (Lipinski definition) is 6. The molecule has 1 aliphatic rings. The Morgan fingerprint density at radius 2 is 0.738 bits per heavy atom. The SMILES string of the molecule is CC/C=C\C/C=C\C/C=C\C/C=C\C/C=C\C/C=C\C/C=C\C/C=C\CCCCCCCCCCCCCCC(=O)NC(COC1OC(CO)C(O)C(O)C1O)C(O)CCCCCCCCCCCCCCCCCCCCCCCCCC. The van der Waals surface area contributed by atoms with Crippen molar-refractivity contribution >= 4 is 5.91 Å². The fourth-order valence-electron chi connectivity index (χ4n) is 10.9. The first kappa shape index (κ1) is 79.1. The molecule has 0 spiro atoms. The van der Waals surface area contributed by atoms with Crippen molar-refractivity contribution in [3.8, 4) is 0 Å². The first-order valence-corrected chi connectivity index (χ1v) is 35.4. The van der Waals surface area contributed by atoms with E-state index in [0.29, 0.717) is 12.8 Å². The highest BCUT2D eigenvalue weighted by atomic mass is 16.7. The summed E-state index contributed by atoms with van der Waals surface area (Å²) in [4.78, 5) is 13.2. The molecule has 7 unspecified atom stereocenters. The quantitative estimate of drug-likeness (QED) is 0.0261. The van der Waals surface area contributed by atoms with E-state index in [-0.39, 0.29) is 12.5 Å². The lowest BCUT2D eigenvalue weighted by Crippen LogP contribution is -2.60. The van der Waals surface area contributed by atoms with Gasteiger partial charge in [0.1, 0.15) is 24.4 Å². The fraction of sp³-hybridized carbons (Fsp3) is 0.773. The van der Waals surface area contributed by atoms with E-state index in [9.17, 15) is 30.3 Å². The van der Waals surface area contributed by atoms with E-state index in [1.807, 2.05) is 0 Å². The van der Waals surface area contributed by atoms with Crippen molar-refractivity contribution < 1.29 is 39.8 Å². The van der Waals surface area contributed by atoms with E-state index < -0.39 is 49.5 Å². The molecule has 0 radical (unpaired) electrons. The van der Waals surface area contributed by atoms with Gasteiger partial charge in [0, 0.05) is 6.42 Å². The van der Waals surface area contributed by atoms with Gasteiger partial charge in [-0.15, -0.1) is 0 Å². The Kier molecular flexibility index (Phi) is 59.5. The Bertz CT molecular complexity index is 1650. The first-order valence-electron chi connectivity index (χ1n) is 35.4. The largest absolute Gasteiger partial charge is 0.394 e. The van der Waals surface area contributed by atoms with Crippen molar-refractivity contribution in [1.29, 1.82) is 0 Å².